The normalized spacial score (nSPS) is 12.8. The average molecular weight is 568 g/mol. The van der Waals surface area contributed by atoms with Gasteiger partial charge in [0.25, 0.3) is 0 Å². The highest BCUT2D eigenvalue weighted by atomic mass is 32.2. The first kappa shape index (κ1) is 30.8. The molecule has 0 aliphatic rings. The highest BCUT2D eigenvalue weighted by Crippen LogP contribution is 2.23. The number of nitrogens with one attached hydrogen (secondary N) is 1. The molecule has 7 nitrogen and oxygen atoms in total. The van der Waals surface area contributed by atoms with Gasteiger partial charge in [-0.15, -0.1) is 0 Å². The maximum absolute atomic E-state index is 14.8. The summed E-state index contributed by atoms with van der Waals surface area (Å²) in [5.41, 5.74) is 3.23. The monoisotopic (exact) mass is 567 g/mol. The zero-order valence-electron chi connectivity index (χ0n) is 23.7. The van der Waals surface area contributed by atoms with Crippen molar-refractivity contribution in [3.8, 4) is 0 Å². The fraction of sp³-hybridized carbons (Fsp3) is 0.355. The number of aryl methyl sites for hydroxylation is 2. The van der Waals surface area contributed by atoms with Crippen LogP contribution in [0.1, 0.15) is 42.5 Å². The van der Waals surface area contributed by atoms with Gasteiger partial charge < -0.3 is 10.2 Å². The lowest BCUT2D eigenvalue weighted by atomic mass is 10.0. The molecule has 0 aromatic heterocycles. The molecule has 3 aromatic rings. The molecule has 0 radical (unpaired) electrons. The molecular formula is C31H38FN3O4S. The number of amides is 2. The number of rotatable bonds is 12. The molecule has 214 valence electrons. The number of carbonyl (C=O) groups excluding carboxylic acids is 2. The van der Waals surface area contributed by atoms with Gasteiger partial charge in [0.15, 0.2) is 0 Å². The van der Waals surface area contributed by atoms with Crippen molar-refractivity contribution in [1.29, 1.82) is 0 Å². The molecule has 40 heavy (non-hydrogen) atoms. The van der Waals surface area contributed by atoms with Crippen LogP contribution in [0.4, 0.5) is 10.1 Å². The molecule has 3 rings (SSSR count). The molecule has 0 aliphatic carbocycles. The van der Waals surface area contributed by atoms with Gasteiger partial charge in [0, 0.05) is 24.6 Å². The third-order valence-corrected chi connectivity index (χ3v) is 8.17. The first-order valence-corrected chi connectivity index (χ1v) is 15.2. The van der Waals surface area contributed by atoms with Crippen LogP contribution in [0.25, 0.3) is 0 Å². The zero-order valence-corrected chi connectivity index (χ0v) is 24.5. The highest BCUT2D eigenvalue weighted by molar-refractivity contribution is 7.92. The molecular weight excluding hydrogens is 529 g/mol. The Hall–Kier alpha value is -3.72. The Morgan fingerprint density at radius 3 is 2.20 bits per heavy atom. The van der Waals surface area contributed by atoms with Gasteiger partial charge in [0.2, 0.25) is 21.8 Å². The van der Waals surface area contributed by atoms with Gasteiger partial charge in [-0.05, 0) is 62.1 Å². The second kappa shape index (κ2) is 13.6. The smallest absolute Gasteiger partial charge is 0.244 e. The van der Waals surface area contributed by atoms with Crippen LogP contribution in [0.15, 0.2) is 72.8 Å². The standard InChI is InChI=1S/C31H38FN3O4S/c1-6-24(4)33-31(37)29(19-25-12-8-7-9-13-25)34(20-26-14-10-11-15-28(26)32)30(36)21-35(40(5,38)39)27-17-16-22(2)23(3)18-27/h7-18,24,29H,6,19-21H2,1-5H3,(H,33,37)/t24-,29-/m1/s1. The van der Waals surface area contributed by atoms with Crippen molar-refractivity contribution in [1.82, 2.24) is 10.2 Å². The zero-order chi connectivity index (χ0) is 29.4. The lowest BCUT2D eigenvalue weighted by Crippen LogP contribution is -2.54. The second-order valence-corrected chi connectivity index (χ2v) is 12.1. The predicted molar refractivity (Wildman–Crippen MR) is 157 cm³/mol. The minimum atomic E-state index is -3.87. The van der Waals surface area contributed by atoms with Crippen molar-refractivity contribution in [2.45, 2.75) is 59.2 Å². The fourth-order valence-electron chi connectivity index (χ4n) is 4.30. The summed E-state index contributed by atoms with van der Waals surface area (Å²) in [6.07, 6.45) is 1.89. The fourth-order valence-corrected chi connectivity index (χ4v) is 5.14. The molecule has 0 fully saturated rings. The molecule has 9 heteroatoms. The van der Waals surface area contributed by atoms with Gasteiger partial charge in [-0.25, -0.2) is 12.8 Å². The van der Waals surface area contributed by atoms with Crippen LogP contribution in [-0.2, 0) is 32.6 Å². The van der Waals surface area contributed by atoms with E-state index >= 15 is 0 Å². The Morgan fingerprint density at radius 1 is 0.950 bits per heavy atom. The van der Waals surface area contributed by atoms with Crippen molar-refractivity contribution in [2.24, 2.45) is 0 Å². The molecule has 2 atom stereocenters. The van der Waals surface area contributed by atoms with Crippen LogP contribution in [-0.4, -0.2) is 50.0 Å². The van der Waals surface area contributed by atoms with Crippen molar-refractivity contribution in [2.75, 3.05) is 17.1 Å². The Kier molecular flexibility index (Phi) is 10.5. The predicted octanol–water partition coefficient (Wildman–Crippen LogP) is 4.76. The summed E-state index contributed by atoms with van der Waals surface area (Å²) >= 11 is 0. The maximum atomic E-state index is 14.8. The Labute approximate surface area is 237 Å². The first-order chi connectivity index (χ1) is 18.9. The number of carbonyl (C=O) groups is 2. The third kappa shape index (κ3) is 8.14. The van der Waals surface area contributed by atoms with E-state index in [2.05, 4.69) is 5.32 Å². The molecule has 0 spiro atoms. The molecule has 0 unspecified atom stereocenters. The van der Waals surface area contributed by atoms with E-state index < -0.39 is 34.3 Å². The van der Waals surface area contributed by atoms with Gasteiger partial charge in [-0.1, -0.05) is 61.5 Å². The van der Waals surface area contributed by atoms with Crippen LogP contribution in [0.2, 0.25) is 0 Å². The van der Waals surface area contributed by atoms with E-state index in [9.17, 15) is 22.4 Å². The quantitative estimate of drug-likeness (QED) is 0.342. The largest absolute Gasteiger partial charge is 0.352 e. The highest BCUT2D eigenvalue weighted by Gasteiger charge is 2.33. The lowest BCUT2D eigenvalue weighted by molar-refractivity contribution is -0.140. The summed E-state index contributed by atoms with van der Waals surface area (Å²) in [7, 11) is -3.87. The van der Waals surface area contributed by atoms with E-state index in [1.165, 1.54) is 11.0 Å². The topological polar surface area (TPSA) is 86.8 Å². The maximum Gasteiger partial charge on any atom is 0.244 e. The van der Waals surface area contributed by atoms with Crippen LogP contribution >= 0.6 is 0 Å². The molecule has 0 saturated heterocycles. The summed E-state index contributed by atoms with van der Waals surface area (Å²) in [5.74, 6) is -1.53. The van der Waals surface area contributed by atoms with Crippen molar-refractivity contribution >= 4 is 27.5 Å². The number of hydrogen-bond acceptors (Lipinski definition) is 4. The number of benzene rings is 3. The number of sulfonamides is 1. The van der Waals surface area contributed by atoms with E-state index in [-0.39, 0.29) is 30.5 Å². The molecule has 3 aromatic carbocycles. The lowest BCUT2D eigenvalue weighted by Gasteiger charge is -2.34. The van der Waals surface area contributed by atoms with E-state index in [1.807, 2.05) is 58.0 Å². The summed E-state index contributed by atoms with van der Waals surface area (Å²) in [5, 5.41) is 2.96. The van der Waals surface area contributed by atoms with E-state index in [1.54, 1.807) is 36.4 Å². The Bertz CT molecular complexity index is 1430. The minimum Gasteiger partial charge on any atom is -0.352 e. The second-order valence-electron chi connectivity index (χ2n) is 10.2. The Morgan fingerprint density at radius 2 is 1.60 bits per heavy atom. The van der Waals surface area contributed by atoms with Crippen molar-refractivity contribution < 1.29 is 22.4 Å². The summed E-state index contributed by atoms with van der Waals surface area (Å²) in [4.78, 5) is 29.0. The van der Waals surface area contributed by atoms with E-state index in [0.717, 1.165) is 27.3 Å². The number of nitrogens with zero attached hydrogens (tertiary/aromatic N) is 2. The average Bonchev–Trinajstić information content (AvgIpc) is 2.91. The molecule has 1 N–H and O–H groups in total. The van der Waals surface area contributed by atoms with Gasteiger partial charge >= 0.3 is 0 Å². The number of halogens is 1. The third-order valence-electron chi connectivity index (χ3n) is 7.03. The molecule has 0 heterocycles. The number of hydrogen-bond donors (Lipinski definition) is 1. The SMILES string of the molecule is CC[C@@H](C)NC(=O)[C@@H](Cc1ccccc1)N(Cc1ccccc1F)C(=O)CN(c1ccc(C)c(C)c1)S(C)(=O)=O. The summed E-state index contributed by atoms with van der Waals surface area (Å²) in [6, 6.07) is 19.3. The van der Waals surface area contributed by atoms with Crippen LogP contribution in [0.5, 0.6) is 0 Å². The van der Waals surface area contributed by atoms with Gasteiger partial charge in [-0.3, -0.25) is 13.9 Å². The summed E-state index contributed by atoms with van der Waals surface area (Å²) < 4.78 is 41.6. The van der Waals surface area contributed by atoms with E-state index in [4.69, 9.17) is 0 Å². The summed E-state index contributed by atoms with van der Waals surface area (Å²) in [6.45, 7) is 6.83. The van der Waals surface area contributed by atoms with Crippen LogP contribution < -0.4 is 9.62 Å². The number of anilines is 1. The van der Waals surface area contributed by atoms with Crippen molar-refractivity contribution in [3.63, 3.8) is 0 Å². The van der Waals surface area contributed by atoms with Gasteiger partial charge in [-0.2, -0.15) is 0 Å². The first-order valence-electron chi connectivity index (χ1n) is 13.3. The Balaban J connectivity index is 2.08. The van der Waals surface area contributed by atoms with E-state index in [0.29, 0.717) is 12.1 Å². The van der Waals surface area contributed by atoms with Gasteiger partial charge in [0.05, 0.1) is 11.9 Å². The van der Waals surface area contributed by atoms with Gasteiger partial charge in [0.1, 0.15) is 18.4 Å². The minimum absolute atomic E-state index is 0.153. The van der Waals surface area contributed by atoms with Crippen LogP contribution in [0.3, 0.4) is 0 Å². The van der Waals surface area contributed by atoms with Crippen LogP contribution in [0, 0.1) is 19.7 Å². The molecule has 2 amide bonds. The molecule has 0 bridgehead atoms. The molecule has 0 saturated carbocycles. The molecule has 0 aliphatic heterocycles. The van der Waals surface area contributed by atoms with Crippen molar-refractivity contribution in [3.05, 3.63) is 101 Å².